The van der Waals surface area contributed by atoms with E-state index in [0.717, 1.165) is 5.56 Å². The zero-order chi connectivity index (χ0) is 11.9. The zero-order valence-corrected chi connectivity index (χ0v) is 9.19. The maximum Gasteiger partial charge on any atom is 0.274 e. The summed E-state index contributed by atoms with van der Waals surface area (Å²) in [6.45, 7) is 4.21. The lowest BCUT2D eigenvalue weighted by Crippen LogP contribution is -2.43. The lowest BCUT2D eigenvalue weighted by molar-refractivity contribution is -0.385. The van der Waals surface area contributed by atoms with E-state index in [2.05, 4.69) is 0 Å². The molecular weight excluding hydrogens is 208 g/mol. The van der Waals surface area contributed by atoms with E-state index in [4.69, 9.17) is 0 Å². The molecule has 2 rings (SSSR count). The van der Waals surface area contributed by atoms with Crippen molar-refractivity contribution >= 4 is 17.3 Å². The molecule has 0 aliphatic carbocycles. The fraction of sp³-hybridized carbons (Fsp3) is 0.364. The van der Waals surface area contributed by atoms with Gasteiger partial charge in [0, 0.05) is 24.6 Å². The van der Waals surface area contributed by atoms with Crippen molar-refractivity contribution in [3.63, 3.8) is 0 Å². The Hall–Kier alpha value is -1.91. The van der Waals surface area contributed by atoms with Crippen molar-refractivity contribution in [1.82, 2.24) is 0 Å². The first-order valence-corrected chi connectivity index (χ1v) is 5.06. The molecular formula is C11H12N2O3. The third-order valence-corrected chi connectivity index (χ3v) is 2.85. The Balaban J connectivity index is 2.49. The molecule has 1 saturated heterocycles. The highest BCUT2D eigenvalue weighted by molar-refractivity contribution is 6.00. The van der Waals surface area contributed by atoms with E-state index in [9.17, 15) is 14.9 Å². The molecule has 1 heterocycles. The highest BCUT2D eigenvalue weighted by Gasteiger charge is 2.28. The molecule has 1 aromatic rings. The Labute approximate surface area is 92.8 Å². The second-order valence-corrected chi connectivity index (χ2v) is 3.98. The number of carbonyl (C=O) groups excluding carboxylic acids is 1. The van der Waals surface area contributed by atoms with E-state index >= 15 is 0 Å². The average Bonchev–Trinajstić information content (AvgIpc) is 2.19. The Kier molecular flexibility index (Phi) is 2.38. The molecule has 0 unspecified atom stereocenters. The molecule has 16 heavy (non-hydrogen) atoms. The number of nitro groups is 1. The Morgan fingerprint density at radius 2 is 2.00 bits per heavy atom. The van der Waals surface area contributed by atoms with Gasteiger partial charge in [0.2, 0.25) is 5.91 Å². The van der Waals surface area contributed by atoms with Crippen LogP contribution >= 0.6 is 0 Å². The molecule has 5 heteroatoms. The number of carbonyl (C=O) groups is 1. The second-order valence-electron chi connectivity index (χ2n) is 3.98. The minimum absolute atomic E-state index is 0.0289. The first-order chi connectivity index (χ1) is 7.50. The predicted octanol–water partition coefficient (Wildman–Crippen LogP) is 1.95. The summed E-state index contributed by atoms with van der Waals surface area (Å²) in [7, 11) is 0. The van der Waals surface area contributed by atoms with Gasteiger partial charge >= 0.3 is 0 Å². The standard InChI is InChI=1S/C11H12N2O3/c1-7-5-8(2)10(13(15)16)6-9(7)12-4-3-11(12)14/h5-6H,3-4H2,1-2H3. The molecule has 84 valence electrons. The topological polar surface area (TPSA) is 63.5 Å². The van der Waals surface area contributed by atoms with Crippen LogP contribution in [0, 0.1) is 24.0 Å². The molecule has 0 aromatic heterocycles. The van der Waals surface area contributed by atoms with Crippen LogP contribution in [-0.2, 0) is 4.79 Å². The van der Waals surface area contributed by atoms with Crippen LogP contribution in [0.25, 0.3) is 0 Å². The van der Waals surface area contributed by atoms with Crippen molar-refractivity contribution in [2.45, 2.75) is 20.3 Å². The van der Waals surface area contributed by atoms with Crippen LogP contribution in [0.5, 0.6) is 0 Å². The molecule has 0 saturated carbocycles. The summed E-state index contributed by atoms with van der Waals surface area (Å²) in [4.78, 5) is 23.3. The number of amides is 1. The van der Waals surface area contributed by atoms with Crippen molar-refractivity contribution < 1.29 is 9.72 Å². The van der Waals surface area contributed by atoms with Crippen LogP contribution in [0.15, 0.2) is 12.1 Å². The number of nitro benzene ring substituents is 1. The summed E-state index contributed by atoms with van der Waals surface area (Å²) in [6, 6.07) is 3.24. The van der Waals surface area contributed by atoms with Crippen molar-refractivity contribution in [3.05, 3.63) is 33.4 Å². The van der Waals surface area contributed by atoms with Gasteiger partial charge in [0.1, 0.15) is 0 Å². The summed E-state index contributed by atoms with van der Waals surface area (Å²) in [5, 5.41) is 10.8. The molecule has 5 nitrogen and oxygen atoms in total. The van der Waals surface area contributed by atoms with Crippen LogP contribution < -0.4 is 4.90 Å². The predicted molar refractivity (Wildman–Crippen MR) is 59.5 cm³/mol. The van der Waals surface area contributed by atoms with Crippen LogP contribution in [0.4, 0.5) is 11.4 Å². The van der Waals surface area contributed by atoms with Gasteiger partial charge < -0.3 is 4.90 Å². The van der Waals surface area contributed by atoms with Crippen LogP contribution in [0.1, 0.15) is 17.5 Å². The summed E-state index contributed by atoms with van der Waals surface area (Å²) < 4.78 is 0. The highest BCUT2D eigenvalue weighted by atomic mass is 16.6. The molecule has 0 N–H and O–H groups in total. The van der Waals surface area contributed by atoms with Crippen molar-refractivity contribution in [3.8, 4) is 0 Å². The minimum Gasteiger partial charge on any atom is -0.311 e. The summed E-state index contributed by atoms with van der Waals surface area (Å²) in [5.41, 5.74) is 2.25. The van der Waals surface area contributed by atoms with Gasteiger partial charge in [-0.1, -0.05) is 0 Å². The normalized spacial score (nSPS) is 14.9. The van der Waals surface area contributed by atoms with Crippen molar-refractivity contribution in [2.24, 2.45) is 0 Å². The van der Waals surface area contributed by atoms with Gasteiger partial charge in [0.15, 0.2) is 0 Å². The number of benzene rings is 1. The highest BCUT2D eigenvalue weighted by Crippen LogP contribution is 2.31. The van der Waals surface area contributed by atoms with Gasteiger partial charge in [0.25, 0.3) is 5.69 Å². The first kappa shape index (κ1) is 10.6. The first-order valence-electron chi connectivity index (χ1n) is 5.06. The van der Waals surface area contributed by atoms with Gasteiger partial charge in [-0.2, -0.15) is 0 Å². The molecule has 0 atom stereocenters. The lowest BCUT2D eigenvalue weighted by Gasteiger charge is -2.31. The smallest absolute Gasteiger partial charge is 0.274 e. The van der Waals surface area contributed by atoms with Gasteiger partial charge in [0.05, 0.1) is 10.6 Å². The number of anilines is 1. The van der Waals surface area contributed by atoms with Crippen LogP contribution in [-0.4, -0.2) is 17.4 Å². The van der Waals surface area contributed by atoms with Crippen molar-refractivity contribution in [2.75, 3.05) is 11.4 Å². The average molecular weight is 220 g/mol. The molecule has 0 spiro atoms. The summed E-state index contributed by atoms with van der Waals surface area (Å²) >= 11 is 0. The molecule has 1 aliphatic heterocycles. The zero-order valence-electron chi connectivity index (χ0n) is 9.19. The number of nitrogens with zero attached hydrogens (tertiary/aromatic N) is 2. The maximum absolute atomic E-state index is 11.3. The molecule has 1 aromatic carbocycles. The lowest BCUT2D eigenvalue weighted by atomic mass is 10.0. The molecule has 1 amide bonds. The quantitative estimate of drug-likeness (QED) is 0.434. The van der Waals surface area contributed by atoms with Crippen LogP contribution in [0.3, 0.4) is 0 Å². The number of hydrogen-bond donors (Lipinski definition) is 0. The number of β-lactam (4-membered cyclic amide) rings is 1. The minimum atomic E-state index is -0.414. The van der Waals surface area contributed by atoms with E-state index in [-0.39, 0.29) is 11.6 Å². The number of hydrogen-bond acceptors (Lipinski definition) is 3. The van der Waals surface area contributed by atoms with Gasteiger partial charge in [-0.15, -0.1) is 0 Å². The third-order valence-electron chi connectivity index (χ3n) is 2.85. The largest absolute Gasteiger partial charge is 0.311 e. The fourth-order valence-electron chi connectivity index (χ4n) is 1.89. The SMILES string of the molecule is Cc1cc(C)c([N+](=O)[O-])cc1N1CCC1=O. The van der Waals surface area contributed by atoms with E-state index in [1.165, 1.54) is 6.07 Å². The van der Waals surface area contributed by atoms with E-state index in [1.807, 2.05) is 6.92 Å². The molecule has 0 radical (unpaired) electrons. The third kappa shape index (κ3) is 1.54. The van der Waals surface area contributed by atoms with Crippen LogP contribution in [0.2, 0.25) is 0 Å². The van der Waals surface area contributed by atoms with Crippen molar-refractivity contribution in [1.29, 1.82) is 0 Å². The fourth-order valence-corrected chi connectivity index (χ4v) is 1.89. The molecule has 1 fully saturated rings. The Morgan fingerprint density at radius 1 is 1.31 bits per heavy atom. The molecule has 0 bridgehead atoms. The summed E-state index contributed by atoms with van der Waals surface area (Å²) in [5.74, 6) is 0.0289. The van der Waals surface area contributed by atoms with E-state index < -0.39 is 4.92 Å². The van der Waals surface area contributed by atoms with E-state index in [0.29, 0.717) is 24.2 Å². The van der Waals surface area contributed by atoms with Gasteiger partial charge in [-0.3, -0.25) is 14.9 Å². The Morgan fingerprint density at radius 3 is 2.44 bits per heavy atom. The van der Waals surface area contributed by atoms with E-state index in [1.54, 1.807) is 17.9 Å². The monoisotopic (exact) mass is 220 g/mol. The summed E-state index contributed by atoms with van der Waals surface area (Å²) in [6.07, 6.45) is 0.529. The Bertz CT molecular complexity index is 482. The maximum atomic E-state index is 11.3. The van der Waals surface area contributed by atoms with Gasteiger partial charge in [-0.25, -0.2) is 0 Å². The number of rotatable bonds is 2. The number of aryl methyl sites for hydroxylation is 2. The second kappa shape index (κ2) is 3.59. The molecule has 1 aliphatic rings. The van der Waals surface area contributed by atoms with Gasteiger partial charge in [-0.05, 0) is 25.5 Å².